The van der Waals surface area contributed by atoms with Gasteiger partial charge in [-0.05, 0) is 49.4 Å². The third-order valence-electron chi connectivity index (χ3n) is 4.77. The van der Waals surface area contributed by atoms with Gasteiger partial charge < -0.3 is 5.11 Å². The number of fused-ring (bicyclic) bond motifs is 1. The van der Waals surface area contributed by atoms with Crippen LogP contribution >= 0.6 is 0 Å². The van der Waals surface area contributed by atoms with E-state index in [9.17, 15) is 5.11 Å². The van der Waals surface area contributed by atoms with E-state index in [1.165, 1.54) is 38.5 Å². The van der Waals surface area contributed by atoms with Crippen molar-refractivity contribution in [3.8, 4) is 0 Å². The quantitative estimate of drug-likeness (QED) is 0.702. The summed E-state index contributed by atoms with van der Waals surface area (Å²) in [7, 11) is 0. The van der Waals surface area contributed by atoms with Crippen LogP contribution in [0, 0.1) is 23.7 Å². The molecule has 0 aliphatic heterocycles. The molecule has 2 aliphatic rings. The molecule has 0 aromatic carbocycles. The van der Waals surface area contributed by atoms with Crippen LogP contribution in [0.4, 0.5) is 0 Å². The lowest BCUT2D eigenvalue weighted by Crippen LogP contribution is -2.20. The Hall–Kier alpha value is -0.300. The molecule has 2 rings (SSSR count). The number of hydrogen-bond donors (Lipinski definition) is 1. The van der Waals surface area contributed by atoms with E-state index in [-0.39, 0.29) is 0 Å². The molecule has 0 saturated heterocycles. The zero-order valence-electron chi connectivity index (χ0n) is 10.6. The van der Waals surface area contributed by atoms with Gasteiger partial charge in [-0.3, -0.25) is 0 Å². The monoisotopic (exact) mass is 222 g/mol. The van der Waals surface area contributed by atoms with Crippen molar-refractivity contribution in [2.75, 3.05) is 6.61 Å². The molecule has 2 aliphatic carbocycles. The summed E-state index contributed by atoms with van der Waals surface area (Å²) in [6.45, 7) is 2.67. The maximum Gasteiger partial charge on any atom is 0.0433 e. The first-order chi connectivity index (χ1) is 7.86. The van der Waals surface area contributed by atoms with Gasteiger partial charge in [-0.2, -0.15) is 0 Å². The fourth-order valence-electron chi connectivity index (χ4n) is 4.00. The molecule has 0 unspecified atom stereocenters. The second-order valence-electron chi connectivity index (χ2n) is 5.68. The first-order valence-electron chi connectivity index (χ1n) is 7.12. The van der Waals surface area contributed by atoms with Crippen molar-refractivity contribution in [1.29, 1.82) is 0 Å². The Balaban J connectivity index is 1.97. The molecule has 0 radical (unpaired) electrons. The van der Waals surface area contributed by atoms with Crippen LogP contribution in [0.3, 0.4) is 0 Å². The average molecular weight is 222 g/mol. The SMILES string of the molecule is CCCC[C@H]1C[C@H]2CC=CC[C@H]2[C@@H]1CCO. The Kier molecular flexibility index (Phi) is 4.45. The van der Waals surface area contributed by atoms with Crippen molar-refractivity contribution in [3.05, 3.63) is 12.2 Å². The first kappa shape index (κ1) is 12.2. The summed E-state index contributed by atoms with van der Waals surface area (Å²) in [6.07, 6.45) is 13.9. The van der Waals surface area contributed by atoms with Crippen LogP contribution in [-0.2, 0) is 0 Å². The Morgan fingerprint density at radius 2 is 2.00 bits per heavy atom. The minimum absolute atomic E-state index is 0.389. The lowest BCUT2D eigenvalue weighted by atomic mass is 9.78. The summed E-state index contributed by atoms with van der Waals surface area (Å²) in [5.41, 5.74) is 0. The van der Waals surface area contributed by atoms with E-state index in [1.807, 2.05) is 0 Å². The number of rotatable bonds is 5. The zero-order valence-corrected chi connectivity index (χ0v) is 10.6. The van der Waals surface area contributed by atoms with Crippen LogP contribution in [0.25, 0.3) is 0 Å². The third-order valence-corrected chi connectivity index (χ3v) is 4.77. The molecule has 16 heavy (non-hydrogen) atoms. The van der Waals surface area contributed by atoms with Crippen molar-refractivity contribution in [2.24, 2.45) is 23.7 Å². The van der Waals surface area contributed by atoms with Crippen LogP contribution in [0.15, 0.2) is 12.2 Å². The lowest BCUT2D eigenvalue weighted by molar-refractivity contribution is 0.190. The Morgan fingerprint density at radius 3 is 2.75 bits per heavy atom. The molecule has 1 nitrogen and oxygen atoms in total. The number of hydrogen-bond acceptors (Lipinski definition) is 1. The third kappa shape index (κ3) is 2.51. The molecule has 0 heterocycles. The predicted molar refractivity (Wildman–Crippen MR) is 68.2 cm³/mol. The fraction of sp³-hybridized carbons (Fsp3) is 0.867. The highest BCUT2D eigenvalue weighted by molar-refractivity contribution is 5.02. The number of aliphatic hydroxyl groups is 1. The van der Waals surface area contributed by atoms with Crippen molar-refractivity contribution in [3.63, 3.8) is 0 Å². The normalized spacial score (nSPS) is 37.6. The van der Waals surface area contributed by atoms with Gasteiger partial charge in [-0.15, -0.1) is 0 Å². The van der Waals surface area contributed by atoms with Gasteiger partial charge in [0.1, 0.15) is 0 Å². The van der Waals surface area contributed by atoms with Gasteiger partial charge in [-0.25, -0.2) is 0 Å². The van der Waals surface area contributed by atoms with Crippen molar-refractivity contribution < 1.29 is 5.11 Å². The van der Waals surface area contributed by atoms with Crippen molar-refractivity contribution >= 4 is 0 Å². The minimum Gasteiger partial charge on any atom is -0.396 e. The second-order valence-corrected chi connectivity index (χ2v) is 5.68. The van der Waals surface area contributed by atoms with Gasteiger partial charge in [0, 0.05) is 6.61 Å². The largest absolute Gasteiger partial charge is 0.396 e. The van der Waals surface area contributed by atoms with Crippen LogP contribution < -0.4 is 0 Å². The molecule has 1 N–H and O–H groups in total. The first-order valence-corrected chi connectivity index (χ1v) is 7.12. The van der Waals surface area contributed by atoms with Gasteiger partial charge in [0.05, 0.1) is 0 Å². The van der Waals surface area contributed by atoms with E-state index in [1.54, 1.807) is 0 Å². The Morgan fingerprint density at radius 1 is 1.19 bits per heavy atom. The minimum atomic E-state index is 0.389. The van der Waals surface area contributed by atoms with Gasteiger partial charge in [0.2, 0.25) is 0 Å². The van der Waals surface area contributed by atoms with E-state index >= 15 is 0 Å². The van der Waals surface area contributed by atoms with Crippen molar-refractivity contribution in [2.45, 2.75) is 51.9 Å². The van der Waals surface area contributed by atoms with Crippen molar-refractivity contribution in [1.82, 2.24) is 0 Å². The highest BCUT2D eigenvalue weighted by Crippen LogP contribution is 2.50. The molecule has 0 spiro atoms. The zero-order chi connectivity index (χ0) is 11.4. The maximum absolute atomic E-state index is 9.24. The van der Waals surface area contributed by atoms with E-state index < -0.39 is 0 Å². The van der Waals surface area contributed by atoms with E-state index in [2.05, 4.69) is 19.1 Å². The summed E-state index contributed by atoms with van der Waals surface area (Å²) in [6, 6.07) is 0. The van der Waals surface area contributed by atoms with Crippen LogP contribution in [-0.4, -0.2) is 11.7 Å². The van der Waals surface area contributed by atoms with Crippen LogP contribution in [0.1, 0.15) is 51.9 Å². The van der Waals surface area contributed by atoms with Gasteiger partial charge in [-0.1, -0.05) is 38.3 Å². The van der Waals surface area contributed by atoms with Gasteiger partial charge in [0.25, 0.3) is 0 Å². The van der Waals surface area contributed by atoms with E-state index in [4.69, 9.17) is 0 Å². The number of aliphatic hydroxyl groups excluding tert-OH is 1. The summed E-state index contributed by atoms with van der Waals surface area (Å²) in [5.74, 6) is 3.54. The molecule has 0 amide bonds. The molecule has 4 atom stereocenters. The molecule has 1 heteroatoms. The lowest BCUT2D eigenvalue weighted by Gasteiger charge is -2.27. The molecular formula is C15H26O. The van der Waals surface area contributed by atoms with E-state index in [0.29, 0.717) is 6.61 Å². The van der Waals surface area contributed by atoms with Gasteiger partial charge in [0.15, 0.2) is 0 Å². The smallest absolute Gasteiger partial charge is 0.0433 e. The van der Waals surface area contributed by atoms with Crippen LogP contribution in [0.5, 0.6) is 0 Å². The Bertz CT molecular complexity index is 234. The second kappa shape index (κ2) is 5.86. The molecule has 0 bridgehead atoms. The topological polar surface area (TPSA) is 20.2 Å². The number of allylic oxidation sites excluding steroid dienone is 2. The highest BCUT2D eigenvalue weighted by atomic mass is 16.3. The number of unbranched alkanes of at least 4 members (excludes halogenated alkanes) is 1. The standard InChI is InChI=1S/C15H26O/c1-2-3-6-12-11-13-7-4-5-8-14(13)15(12)9-10-16/h4-5,12-16H,2-3,6-11H2,1H3/t12-,13+,14+,15+/m0/s1. The molecule has 1 fully saturated rings. The molecular weight excluding hydrogens is 196 g/mol. The van der Waals surface area contributed by atoms with E-state index in [0.717, 1.165) is 30.1 Å². The van der Waals surface area contributed by atoms with Crippen LogP contribution in [0.2, 0.25) is 0 Å². The molecule has 92 valence electrons. The highest BCUT2D eigenvalue weighted by Gasteiger charge is 2.41. The maximum atomic E-state index is 9.24. The fourth-order valence-corrected chi connectivity index (χ4v) is 4.00. The molecule has 0 aromatic rings. The molecule has 0 aromatic heterocycles. The van der Waals surface area contributed by atoms with Gasteiger partial charge >= 0.3 is 0 Å². The molecule has 1 saturated carbocycles. The summed E-state index contributed by atoms with van der Waals surface area (Å²) >= 11 is 0. The summed E-state index contributed by atoms with van der Waals surface area (Å²) in [4.78, 5) is 0. The average Bonchev–Trinajstić information content (AvgIpc) is 2.66. The predicted octanol–water partition coefficient (Wildman–Crippen LogP) is 3.78. The Labute approximate surface area is 99.9 Å². The summed E-state index contributed by atoms with van der Waals surface area (Å²) in [5, 5.41) is 9.24. The summed E-state index contributed by atoms with van der Waals surface area (Å²) < 4.78 is 0.